The first-order chi connectivity index (χ1) is 10.1. The van der Waals surface area contributed by atoms with Crippen LogP contribution in [0.3, 0.4) is 0 Å². The third-order valence-corrected chi connectivity index (χ3v) is 3.10. The van der Waals surface area contributed by atoms with E-state index in [9.17, 15) is 0 Å². The highest BCUT2D eigenvalue weighted by Gasteiger charge is 2.13. The van der Waals surface area contributed by atoms with Crippen molar-refractivity contribution < 1.29 is 4.74 Å². The first kappa shape index (κ1) is 13.4. The Morgan fingerprint density at radius 3 is 2.86 bits per heavy atom. The number of nitrogens with zero attached hydrogens (tertiary/aromatic N) is 4. The molecule has 21 heavy (non-hydrogen) atoms. The highest BCUT2D eigenvalue weighted by molar-refractivity contribution is 5.84. The van der Waals surface area contributed by atoms with E-state index in [-0.39, 0.29) is 6.10 Å². The van der Waals surface area contributed by atoms with Crippen LogP contribution in [0.5, 0.6) is 5.75 Å². The van der Waals surface area contributed by atoms with E-state index in [4.69, 9.17) is 10.5 Å². The summed E-state index contributed by atoms with van der Waals surface area (Å²) in [4.78, 5) is 12.6. The Bertz CT molecular complexity index is 751. The molecule has 0 aliphatic rings. The fourth-order valence-corrected chi connectivity index (χ4v) is 2.23. The molecular weight excluding hydrogens is 266 g/mol. The van der Waals surface area contributed by atoms with Crippen molar-refractivity contribution in [3.63, 3.8) is 0 Å². The van der Waals surface area contributed by atoms with Crippen molar-refractivity contribution >= 4 is 17.0 Å². The maximum absolute atomic E-state index is 6.05. The monoisotopic (exact) mass is 283 g/mol. The normalized spacial score (nSPS) is 11.2. The summed E-state index contributed by atoms with van der Waals surface area (Å²) in [5, 5.41) is 0. The van der Waals surface area contributed by atoms with Gasteiger partial charge in [-0.3, -0.25) is 0 Å². The molecule has 1 aromatic carbocycles. The van der Waals surface area contributed by atoms with Crippen LogP contribution in [0.4, 0.5) is 5.95 Å². The van der Waals surface area contributed by atoms with Gasteiger partial charge in [-0.25, -0.2) is 15.0 Å². The lowest BCUT2D eigenvalue weighted by Gasteiger charge is -2.10. The number of anilines is 1. The quantitative estimate of drug-likeness (QED) is 0.794. The van der Waals surface area contributed by atoms with E-state index >= 15 is 0 Å². The summed E-state index contributed by atoms with van der Waals surface area (Å²) in [5.74, 6) is 1.19. The van der Waals surface area contributed by atoms with Crippen molar-refractivity contribution in [3.8, 4) is 5.75 Å². The number of hydrogen-bond donors (Lipinski definition) is 1. The average molecular weight is 283 g/mol. The van der Waals surface area contributed by atoms with Crippen LogP contribution in [0.25, 0.3) is 11.0 Å². The summed E-state index contributed by atoms with van der Waals surface area (Å²) in [6, 6.07) is 7.69. The van der Waals surface area contributed by atoms with Crippen LogP contribution in [0.2, 0.25) is 0 Å². The molecule has 0 fully saturated rings. The van der Waals surface area contributed by atoms with E-state index in [0.717, 1.165) is 22.5 Å². The second kappa shape index (κ2) is 5.40. The molecule has 0 radical (unpaired) electrons. The van der Waals surface area contributed by atoms with Crippen molar-refractivity contribution in [1.82, 2.24) is 19.5 Å². The molecule has 3 rings (SSSR count). The van der Waals surface area contributed by atoms with Crippen LogP contribution in [0, 0.1) is 0 Å². The van der Waals surface area contributed by atoms with Gasteiger partial charge in [0.2, 0.25) is 5.95 Å². The molecular formula is C15H17N5O. The lowest BCUT2D eigenvalue weighted by atomic mass is 10.3. The van der Waals surface area contributed by atoms with E-state index in [0.29, 0.717) is 12.5 Å². The smallest absolute Gasteiger partial charge is 0.201 e. The molecule has 0 aliphatic carbocycles. The van der Waals surface area contributed by atoms with E-state index in [2.05, 4.69) is 15.0 Å². The van der Waals surface area contributed by atoms with Gasteiger partial charge in [-0.1, -0.05) is 6.07 Å². The van der Waals surface area contributed by atoms with Crippen molar-refractivity contribution in [2.24, 2.45) is 0 Å². The van der Waals surface area contributed by atoms with Gasteiger partial charge in [0.25, 0.3) is 0 Å². The molecule has 3 aromatic rings. The molecule has 0 atom stereocenters. The Balaban J connectivity index is 2.05. The van der Waals surface area contributed by atoms with E-state index in [1.54, 1.807) is 6.20 Å². The van der Waals surface area contributed by atoms with E-state index in [1.165, 1.54) is 6.33 Å². The summed E-state index contributed by atoms with van der Waals surface area (Å²) < 4.78 is 7.71. The Hall–Kier alpha value is -2.63. The Kier molecular flexibility index (Phi) is 3.43. The summed E-state index contributed by atoms with van der Waals surface area (Å²) in [5.41, 5.74) is 8.64. The number of fused-ring (bicyclic) bond motifs is 1. The minimum atomic E-state index is 0.0869. The summed E-state index contributed by atoms with van der Waals surface area (Å²) in [6.07, 6.45) is 3.33. The first-order valence-corrected chi connectivity index (χ1v) is 6.81. The van der Waals surface area contributed by atoms with Gasteiger partial charge < -0.3 is 15.0 Å². The average Bonchev–Trinajstić information content (AvgIpc) is 2.77. The van der Waals surface area contributed by atoms with Gasteiger partial charge in [0.05, 0.1) is 23.9 Å². The zero-order chi connectivity index (χ0) is 14.8. The fraction of sp³-hybridized carbons (Fsp3) is 0.267. The zero-order valence-corrected chi connectivity index (χ0v) is 12.0. The van der Waals surface area contributed by atoms with E-state index < -0.39 is 0 Å². The van der Waals surface area contributed by atoms with Gasteiger partial charge in [-0.15, -0.1) is 0 Å². The third-order valence-electron chi connectivity index (χ3n) is 3.10. The molecule has 0 unspecified atom stereocenters. The molecule has 0 bridgehead atoms. The number of hydrogen-bond acceptors (Lipinski definition) is 5. The minimum absolute atomic E-state index is 0.0869. The van der Waals surface area contributed by atoms with Crippen LogP contribution in [-0.4, -0.2) is 25.6 Å². The van der Waals surface area contributed by atoms with Crippen LogP contribution in [0.15, 0.2) is 36.8 Å². The van der Waals surface area contributed by atoms with Gasteiger partial charge >= 0.3 is 0 Å². The standard InChI is InChI=1S/C15H17N5O/c1-10(2)21-13-5-3-4-12-14(13)19-15(16)20(12)8-11-6-7-17-9-18-11/h3-7,9-10H,8H2,1-2H3,(H2,16,19). The molecule has 2 aromatic heterocycles. The summed E-state index contributed by atoms with van der Waals surface area (Å²) in [7, 11) is 0. The number of benzene rings is 1. The van der Waals surface area contributed by atoms with Gasteiger partial charge in [0.1, 0.15) is 17.6 Å². The lowest BCUT2D eigenvalue weighted by molar-refractivity contribution is 0.245. The highest BCUT2D eigenvalue weighted by atomic mass is 16.5. The Morgan fingerprint density at radius 2 is 2.14 bits per heavy atom. The van der Waals surface area contributed by atoms with Crippen LogP contribution < -0.4 is 10.5 Å². The maximum Gasteiger partial charge on any atom is 0.201 e. The van der Waals surface area contributed by atoms with Gasteiger partial charge in [0, 0.05) is 6.20 Å². The van der Waals surface area contributed by atoms with Gasteiger partial charge in [-0.05, 0) is 32.0 Å². The Labute approximate surface area is 122 Å². The molecule has 108 valence electrons. The SMILES string of the molecule is CC(C)Oc1cccc2c1nc(N)n2Cc1ccncn1. The van der Waals surface area contributed by atoms with Crippen molar-refractivity contribution in [2.45, 2.75) is 26.5 Å². The Morgan fingerprint density at radius 1 is 1.29 bits per heavy atom. The molecule has 6 nitrogen and oxygen atoms in total. The van der Waals surface area contributed by atoms with Crippen molar-refractivity contribution in [3.05, 3.63) is 42.5 Å². The molecule has 0 spiro atoms. The molecule has 0 amide bonds. The number of nitrogens with two attached hydrogens (primary N) is 1. The third kappa shape index (κ3) is 2.65. The first-order valence-electron chi connectivity index (χ1n) is 6.81. The lowest BCUT2D eigenvalue weighted by Crippen LogP contribution is -2.06. The zero-order valence-electron chi connectivity index (χ0n) is 12.0. The molecule has 2 N–H and O–H groups in total. The highest BCUT2D eigenvalue weighted by Crippen LogP contribution is 2.28. The number of aromatic nitrogens is 4. The van der Waals surface area contributed by atoms with Crippen LogP contribution in [0.1, 0.15) is 19.5 Å². The van der Waals surface area contributed by atoms with Crippen molar-refractivity contribution in [1.29, 1.82) is 0 Å². The molecule has 2 heterocycles. The molecule has 0 saturated heterocycles. The van der Waals surface area contributed by atoms with Gasteiger partial charge in [-0.2, -0.15) is 0 Å². The largest absolute Gasteiger partial charge is 0.489 e. The molecule has 0 saturated carbocycles. The minimum Gasteiger partial charge on any atom is -0.489 e. The number of para-hydroxylation sites is 1. The van der Waals surface area contributed by atoms with E-state index in [1.807, 2.05) is 42.7 Å². The van der Waals surface area contributed by atoms with Crippen LogP contribution >= 0.6 is 0 Å². The van der Waals surface area contributed by atoms with Crippen LogP contribution in [-0.2, 0) is 6.54 Å². The number of nitrogen functional groups attached to an aromatic ring is 1. The van der Waals surface area contributed by atoms with Crippen molar-refractivity contribution in [2.75, 3.05) is 5.73 Å². The second-order valence-corrected chi connectivity index (χ2v) is 5.05. The summed E-state index contributed by atoms with van der Waals surface area (Å²) >= 11 is 0. The van der Waals surface area contributed by atoms with Gasteiger partial charge in [0.15, 0.2) is 0 Å². The summed E-state index contributed by atoms with van der Waals surface area (Å²) in [6.45, 7) is 4.52. The number of ether oxygens (including phenoxy) is 1. The number of rotatable bonds is 4. The topological polar surface area (TPSA) is 78.9 Å². The fourth-order valence-electron chi connectivity index (χ4n) is 2.23. The maximum atomic E-state index is 6.05. The predicted octanol–water partition coefficient (Wildman–Crippen LogP) is 2.24. The molecule has 6 heteroatoms. The molecule has 0 aliphatic heterocycles. The number of imidazole rings is 1. The predicted molar refractivity (Wildman–Crippen MR) is 81.0 cm³/mol. The second-order valence-electron chi connectivity index (χ2n) is 5.05.